The predicted octanol–water partition coefficient (Wildman–Crippen LogP) is 4.80. The van der Waals surface area contributed by atoms with Crippen molar-refractivity contribution in [3.8, 4) is 16.3 Å². The van der Waals surface area contributed by atoms with E-state index in [1.54, 1.807) is 23.5 Å². The van der Waals surface area contributed by atoms with Gasteiger partial charge in [0.2, 0.25) is 0 Å². The van der Waals surface area contributed by atoms with Gasteiger partial charge in [0.1, 0.15) is 16.5 Å². The second-order valence-corrected chi connectivity index (χ2v) is 7.93. The van der Waals surface area contributed by atoms with Crippen LogP contribution in [0.15, 0.2) is 53.9 Å². The van der Waals surface area contributed by atoms with Crippen molar-refractivity contribution in [2.75, 3.05) is 38.2 Å². The molecule has 0 spiro atoms. The molecule has 9 heteroatoms. The number of carbonyl (C=O) groups excluding carboxylic acids is 1. The monoisotopic (exact) mass is 447 g/mol. The van der Waals surface area contributed by atoms with Crippen LogP contribution in [-0.4, -0.2) is 49.1 Å². The molecule has 31 heavy (non-hydrogen) atoms. The van der Waals surface area contributed by atoms with E-state index < -0.39 is 11.7 Å². The van der Waals surface area contributed by atoms with E-state index in [1.807, 2.05) is 24.3 Å². The van der Waals surface area contributed by atoms with E-state index in [-0.39, 0.29) is 11.6 Å². The summed E-state index contributed by atoms with van der Waals surface area (Å²) in [6.45, 7) is 2.34. The average molecular weight is 447 g/mol. The van der Waals surface area contributed by atoms with Gasteiger partial charge >= 0.3 is 6.18 Å². The number of hydrogen-bond acceptors (Lipinski definition) is 5. The molecule has 3 aromatic rings. The Morgan fingerprint density at radius 1 is 1.06 bits per heavy atom. The summed E-state index contributed by atoms with van der Waals surface area (Å²) in [5.74, 6) is 0.571. The number of amides is 1. The van der Waals surface area contributed by atoms with Crippen LogP contribution in [0.1, 0.15) is 16.1 Å². The first kappa shape index (κ1) is 21.2. The first-order valence-corrected chi connectivity index (χ1v) is 10.5. The van der Waals surface area contributed by atoms with Crippen molar-refractivity contribution in [1.29, 1.82) is 0 Å². The minimum absolute atomic E-state index is 0.214. The summed E-state index contributed by atoms with van der Waals surface area (Å²) in [5.41, 5.74) is 0.848. The van der Waals surface area contributed by atoms with E-state index in [0.717, 1.165) is 34.9 Å². The highest BCUT2D eigenvalue weighted by atomic mass is 32.1. The number of methoxy groups -OCH3 is 1. The summed E-state index contributed by atoms with van der Waals surface area (Å²) in [7, 11) is 1.63. The number of halogens is 3. The number of aromatic nitrogens is 1. The number of thiazole rings is 1. The van der Waals surface area contributed by atoms with Crippen molar-refractivity contribution in [2.45, 2.75) is 6.18 Å². The van der Waals surface area contributed by atoms with Crippen LogP contribution in [0.2, 0.25) is 0 Å². The zero-order valence-electron chi connectivity index (χ0n) is 16.7. The summed E-state index contributed by atoms with van der Waals surface area (Å²) < 4.78 is 44.3. The molecule has 0 unspecified atom stereocenters. The van der Waals surface area contributed by atoms with Crippen molar-refractivity contribution in [2.24, 2.45) is 0 Å². The fourth-order valence-corrected chi connectivity index (χ4v) is 4.33. The fraction of sp³-hybridized carbons (Fsp3) is 0.273. The maximum atomic E-state index is 13.0. The molecule has 0 atom stereocenters. The smallest absolute Gasteiger partial charge is 0.416 e. The summed E-state index contributed by atoms with van der Waals surface area (Å²) in [6, 6.07) is 12.7. The Kier molecular flexibility index (Phi) is 5.86. The van der Waals surface area contributed by atoms with E-state index in [4.69, 9.17) is 4.74 Å². The van der Waals surface area contributed by atoms with E-state index in [0.29, 0.717) is 36.8 Å². The van der Waals surface area contributed by atoms with E-state index >= 15 is 0 Å². The zero-order valence-corrected chi connectivity index (χ0v) is 17.5. The van der Waals surface area contributed by atoms with Crippen LogP contribution in [0.25, 0.3) is 10.6 Å². The van der Waals surface area contributed by atoms with Crippen molar-refractivity contribution in [3.63, 3.8) is 0 Å². The van der Waals surface area contributed by atoms with Gasteiger partial charge in [-0.1, -0.05) is 24.3 Å². The molecule has 5 nitrogen and oxygen atoms in total. The third-order valence-corrected chi connectivity index (χ3v) is 6.04. The highest BCUT2D eigenvalue weighted by molar-refractivity contribution is 7.13. The van der Waals surface area contributed by atoms with E-state index in [9.17, 15) is 18.0 Å². The van der Waals surface area contributed by atoms with Crippen LogP contribution in [-0.2, 0) is 6.18 Å². The molecule has 0 aliphatic carbocycles. The third-order valence-electron chi connectivity index (χ3n) is 5.15. The number of rotatable bonds is 4. The van der Waals surface area contributed by atoms with E-state index in [2.05, 4.69) is 9.88 Å². The molecule has 1 aliphatic heterocycles. The molecular weight excluding hydrogens is 427 g/mol. The second kappa shape index (κ2) is 8.58. The molecule has 0 radical (unpaired) electrons. The van der Waals surface area contributed by atoms with Crippen LogP contribution in [0.4, 0.5) is 18.9 Å². The number of benzene rings is 2. The standard InChI is InChI=1S/C22H20F3N3O2S/c1-30-19-8-3-2-7-18(19)27-9-11-28(12-10-27)21(29)17-14-31-20(26-17)15-5-4-6-16(13-15)22(23,24)25/h2-8,13-14H,9-12H2,1H3. The zero-order chi connectivity index (χ0) is 22.0. The van der Waals surface area contributed by atoms with Gasteiger partial charge in [-0.15, -0.1) is 11.3 Å². The Hall–Kier alpha value is -3.07. The fourth-order valence-electron chi connectivity index (χ4n) is 3.54. The molecule has 0 bridgehead atoms. The van der Waals surface area contributed by atoms with Crippen molar-refractivity contribution in [1.82, 2.24) is 9.88 Å². The van der Waals surface area contributed by atoms with Gasteiger partial charge in [-0.3, -0.25) is 4.79 Å². The summed E-state index contributed by atoms with van der Waals surface area (Å²) in [6.07, 6.45) is -4.42. The Morgan fingerprint density at radius 3 is 2.52 bits per heavy atom. The van der Waals surface area contributed by atoms with Gasteiger partial charge in [-0.25, -0.2) is 4.98 Å². The maximum absolute atomic E-state index is 13.0. The first-order chi connectivity index (χ1) is 14.9. The van der Waals surface area contributed by atoms with Gasteiger partial charge in [0, 0.05) is 37.1 Å². The normalized spacial score (nSPS) is 14.6. The van der Waals surface area contributed by atoms with Crippen molar-refractivity contribution >= 4 is 22.9 Å². The van der Waals surface area contributed by atoms with Crippen LogP contribution < -0.4 is 9.64 Å². The molecular formula is C22H20F3N3O2S. The quantitative estimate of drug-likeness (QED) is 0.577. The predicted molar refractivity (Wildman–Crippen MR) is 114 cm³/mol. The van der Waals surface area contributed by atoms with Crippen molar-refractivity contribution < 1.29 is 22.7 Å². The first-order valence-electron chi connectivity index (χ1n) is 9.67. The highest BCUT2D eigenvalue weighted by Crippen LogP contribution is 2.33. The minimum atomic E-state index is -4.42. The molecule has 4 rings (SSSR count). The molecule has 1 amide bonds. The highest BCUT2D eigenvalue weighted by Gasteiger charge is 2.31. The molecule has 2 aromatic carbocycles. The number of carbonyl (C=O) groups is 1. The lowest BCUT2D eigenvalue weighted by Crippen LogP contribution is -2.49. The van der Waals surface area contributed by atoms with Crippen LogP contribution >= 0.6 is 11.3 Å². The SMILES string of the molecule is COc1ccccc1N1CCN(C(=O)c2csc(-c3cccc(C(F)(F)F)c3)n2)CC1. The lowest BCUT2D eigenvalue weighted by Gasteiger charge is -2.36. The number of para-hydroxylation sites is 2. The topological polar surface area (TPSA) is 45.7 Å². The lowest BCUT2D eigenvalue weighted by molar-refractivity contribution is -0.137. The number of ether oxygens (including phenoxy) is 1. The summed E-state index contributed by atoms with van der Waals surface area (Å²) >= 11 is 1.16. The number of alkyl halides is 3. The van der Waals surface area contributed by atoms with Crippen molar-refractivity contribution in [3.05, 3.63) is 65.2 Å². The molecule has 1 aromatic heterocycles. The molecule has 2 heterocycles. The van der Waals surface area contributed by atoms with Crippen LogP contribution in [0, 0.1) is 0 Å². The summed E-state index contributed by atoms with van der Waals surface area (Å²) in [5, 5.41) is 1.99. The molecule has 1 aliphatic rings. The molecule has 162 valence electrons. The van der Waals surface area contributed by atoms with Crippen LogP contribution in [0.5, 0.6) is 5.75 Å². The number of nitrogens with zero attached hydrogens (tertiary/aromatic N) is 3. The van der Waals surface area contributed by atoms with Gasteiger partial charge in [0.25, 0.3) is 5.91 Å². The summed E-state index contributed by atoms with van der Waals surface area (Å²) in [4.78, 5) is 21.1. The Morgan fingerprint density at radius 2 is 1.81 bits per heavy atom. The van der Waals surface area contributed by atoms with Gasteiger partial charge < -0.3 is 14.5 Å². The largest absolute Gasteiger partial charge is 0.495 e. The Bertz CT molecular complexity index is 1080. The maximum Gasteiger partial charge on any atom is 0.416 e. The third kappa shape index (κ3) is 4.51. The van der Waals surface area contributed by atoms with Gasteiger partial charge in [-0.2, -0.15) is 13.2 Å². The lowest BCUT2D eigenvalue weighted by atomic mass is 10.1. The van der Waals surface area contributed by atoms with Gasteiger partial charge in [0.15, 0.2) is 0 Å². The number of hydrogen-bond donors (Lipinski definition) is 0. The Balaban J connectivity index is 1.44. The van der Waals surface area contributed by atoms with Gasteiger partial charge in [-0.05, 0) is 24.3 Å². The molecule has 1 fully saturated rings. The average Bonchev–Trinajstić information content (AvgIpc) is 3.28. The van der Waals surface area contributed by atoms with Crippen LogP contribution in [0.3, 0.4) is 0 Å². The number of anilines is 1. The minimum Gasteiger partial charge on any atom is -0.495 e. The van der Waals surface area contributed by atoms with Gasteiger partial charge in [0.05, 0.1) is 18.4 Å². The Labute approximate surface area is 181 Å². The molecule has 1 saturated heterocycles. The van der Waals surface area contributed by atoms with E-state index in [1.165, 1.54) is 6.07 Å². The molecule has 0 saturated carbocycles. The number of piperazine rings is 1. The second-order valence-electron chi connectivity index (χ2n) is 7.07. The molecule has 0 N–H and O–H groups in total.